The normalized spacial score (nSPS) is 11.4. The summed E-state index contributed by atoms with van der Waals surface area (Å²) in [5.74, 6) is -1.35. The molecule has 0 heterocycles. The van der Waals surface area contributed by atoms with E-state index in [-0.39, 0.29) is 11.5 Å². The van der Waals surface area contributed by atoms with Crippen LogP contribution >= 0.6 is 0 Å². The number of amides is 1. The summed E-state index contributed by atoms with van der Waals surface area (Å²) in [6.07, 6.45) is 0.747. The fourth-order valence-electron chi connectivity index (χ4n) is 2.60. The predicted molar refractivity (Wildman–Crippen MR) is 99.9 cm³/mol. The van der Waals surface area contributed by atoms with Gasteiger partial charge < -0.3 is 10.1 Å². The van der Waals surface area contributed by atoms with E-state index in [1.165, 1.54) is 18.2 Å². The maximum atomic E-state index is 12.6. The van der Waals surface area contributed by atoms with Gasteiger partial charge >= 0.3 is 6.61 Å². The van der Waals surface area contributed by atoms with E-state index >= 15 is 0 Å². The molecule has 0 aliphatic heterocycles. The summed E-state index contributed by atoms with van der Waals surface area (Å²) < 4.78 is 53.3. The Morgan fingerprint density at radius 2 is 1.85 bits per heavy atom. The molecule has 0 fully saturated rings. The maximum Gasteiger partial charge on any atom is 0.387 e. The second kappa shape index (κ2) is 9.45. The molecule has 0 aliphatic rings. The van der Waals surface area contributed by atoms with Crippen LogP contribution in [0.3, 0.4) is 0 Å². The standard InChI is InChI=1S/C19H21F2NO4S/c1-2-10-27(24,25)13-18(23)22-16-8-9-17(26-19(20)21)15(12-16)11-14-6-4-3-5-7-14/h3-9,12,19H,2,10-11,13H2,1H3,(H,22,23). The number of hydrogen-bond acceptors (Lipinski definition) is 4. The summed E-state index contributed by atoms with van der Waals surface area (Å²) in [7, 11) is -3.47. The highest BCUT2D eigenvalue weighted by Crippen LogP contribution is 2.27. The van der Waals surface area contributed by atoms with Crippen molar-refractivity contribution in [2.24, 2.45) is 0 Å². The molecule has 0 saturated heterocycles. The fourth-order valence-corrected chi connectivity index (χ4v) is 3.84. The molecular formula is C19H21F2NO4S. The van der Waals surface area contributed by atoms with Crippen LogP contribution in [0.25, 0.3) is 0 Å². The Bertz CT molecular complexity index is 871. The first-order valence-electron chi connectivity index (χ1n) is 8.41. The van der Waals surface area contributed by atoms with Crippen LogP contribution in [0.4, 0.5) is 14.5 Å². The van der Waals surface area contributed by atoms with E-state index < -0.39 is 28.1 Å². The summed E-state index contributed by atoms with van der Waals surface area (Å²) in [5.41, 5.74) is 1.65. The van der Waals surface area contributed by atoms with E-state index in [0.717, 1.165) is 5.56 Å². The minimum absolute atomic E-state index is 0.00505. The van der Waals surface area contributed by atoms with Gasteiger partial charge in [0.1, 0.15) is 11.5 Å². The first-order valence-corrected chi connectivity index (χ1v) is 10.2. The molecule has 0 bridgehead atoms. The zero-order valence-electron chi connectivity index (χ0n) is 14.8. The topological polar surface area (TPSA) is 72.5 Å². The highest BCUT2D eigenvalue weighted by molar-refractivity contribution is 7.92. The molecule has 0 saturated carbocycles. The van der Waals surface area contributed by atoms with Gasteiger partial charge in [-0.1, -0.05) is 37.3 Å². The molecule has 0 aromatic heterocycles. The maximum absolute atomic E-state index is 12.6. The van der Waals surface area contributed by atoms with E-state index in [1.807, 2.05) is 30.3 Å². The van der Waals surface area contributed by atoms with Gasteiger partial charge in [-0.2, -0.15) is 8.78 Å². The first-order chi connectivity index (χ1) is 12.8. The minimum atomic E-state index is -3.47. The zero-order valence-corrected chi connectivity index (χ0v) is 15.6. The molecule has 1 N–H and O–H groups in total. The second-order valence-corrected chi connectivity index (χ2v) is 8.19. The highest BCUT2D eigenvalue weighted by Gasteiger charge is 2.17. The van der Waals surface area contributed by atoms with Gasteiger partial charge in [0, 0.05) is 17.7 Å². The van der Waals surface area contributed by atoms with Crippen LogP contribution < -0.4 is 10.1 Å². The molecule has 0 unspecified atom stereocenters. The van der Waals surface area contributed by atoms with Crippen LogP contribution in [-0.2, 0) is 21.1 Å². The Labute approximate surface area is 157 Å². The lowest BCUT2D eigenvalue weighted by Gasteiger charge is -2.13. The van der Waals surface area contributed by atoms with Crippen LogP contribution in [0.1, 0.15) is 24.5 Å². The Hall–Kier alpha value is -2.48. The lowest BCUT2D eigenvalue weighted by molar-refractivity contribution is -0.113. The Balaban J connectivity index is 2.20. The van der Waals surface area contributed by atoms with Crippen molar-refractivity contribution in [3.05, 3.63) is 59.7 Å². The van der Waals surface area contributed by atoms with Gasteiger partial charge in [-0.15, -0.1) is 0 Å². The molecule has 0 aliphatic carbocycles. The molecule has 2 aromatic carbocycles. The number of anilines is 1. The quantitative estimate of drug-likeness (QED) is 0.701. The lowest BCUT2D eigenvalue weighted by atomic mass is 10.0. The average Bonchev–Trinajstić information content (AvgIpc) is 2.57. The van der Waals surface area contributed by atoms with E-state index in [4.69, 9.17) is 0 Å². The minimum Gasteiger partial charge on any atom is -0.435 e. The van der Waals surface area contributed by atoms with Crippen LogP contribution in [0.5, 0.6) is 5.75 Å². The van der Waals surface area contributed by atoms with E-state index in [1.54, 1.807) is 6.92 Å². The van der Waals surface area contributed by atoms with Crippen molar-refractivity contribution in [1.82, 2.24) is 0 Å². The van der Waals surface area contributed by atoms with Crippen molar-refractivity contribution in [2.45, 2.75) is 26.4 Å². The molecule has 0 radical (unpaired) electrons. The van der Waals surface area contributed by atoms with Crippen LogP contribution in [0.2, 0.25) is 0 Å². The van der Waals surface area contributed by atoms with Crippen molar-refractivity contribution >= 4 is 21.4 Å². The van der Waals surface area contributed by atoms with Gasteiger partial charge in [0.05, 0.1) is 5.75 Å². The summed E-state index contributed by atoms with van der Waals surface area (Å²) in [4.78, 5) is 12.0. The summed E-state index contributed by atoms with van der Waals surface area (Å²) in [5, 5.41) is 2.50. The van der Waals surface area contributed by atoms with Gasteiger partial charge in [-0.25, -0.2) is 8.42 Å². The predicted octanol–water partition coefficient (Wildman–Crippen LogP) is 3.64. The van der Waals surface area contributed by atoms with E-state index in [9.17, 15) is 22.0 Å². The number of benzene rings is 2. The third-order valence-corrected chi connectivity index (χ3v) is 5.40. The lowest BCUT2D eigenvalue weighted by Crippen LogP contribution is -2.24. The molecule has 5 nitrogen and oxygen atoms in total. The van der Waals surface area contributed by atoms with Gasteiger partial charge in [0.25, 0.3) is 0 Å². The highest BCUT2D eigenvalue weighted by atomic mass is 32.2. The van der Waals surface area contributed by atoms with Crippen LogP contribution in [0.15, 0.2) is 48.5 Å². The zero-order chi connectivity index (χ0) is 19.9. The Morgan fingerprint density at radius 1 is 1.15 bits per heavy atom. The Kier molecular flexibility index (Phi) is 7.29. The van der Waals surface area contributed by atoms with Gasteiger partial charge in [0.15, 0.2) is 9.84 Å². The third-order valence-electron chi connectivity index (χ3n) is 3.66. The largest absolute Gasteiger partial charge is 0.435 e. The average molecular weight is 397 g/mol. The van der Waals surface area contributed by atoms with Gasteiger partial charge in [-0.05, 0) is 30.2 Å². The molecule has 8 heteroatoms. The molecule has 27 heavy (non-hydrogen) atoms. The van der Waals surface area contributed by atoms with Crippen molar-refractivity contribution < 1.29 is 26.7 Å². The third kappa shape index (κ3) is 6.97. The molecule has 0 spiro atoms. The first kappa shape index (κ1) is 20.8. The number of carbonyl (C=O) groups is 1. The monoisotopic (exact) mass is 397 g/mol. The number of sulfone groups is 1. The number of rotatable bonds is 9. The number of carbonyl (C=O) groups excluding carboxylic acids is 1. The Morgan fingerprint density at radius 3 is 2.48 bits per heavy atom. The smallest absolute Gasteiger partial charge is 0.387 e. The van der Waals surface area contributed by atoms with Gasteiger partial charge in [-0.3, -0.25) is 4.79 Å². The van der Waals surface area contributed by atoms with Crippen molar-refractivity contribution in [3.63, 3.8) is 0 Å². The van der Waals surface area contributed by atoms with Crippen molar-refractivity contribution in [3.8, 4) is 5.75 Å². The number of halogens is 2. The number of alkyl halides is 2. The number of hydrogen-bond donors (Lipinski definition) is 1. The van der Waals surface area contributed by atoms with Crippen molar-refractivity contribution in [1.29, 1.82) is 0 Å². The molecule has 146 valence electrons. The fraction of sp³-hybridized carbons (Fsp3) is 0.316. The second-order valence-electron chi connectivity index (χ2n) is 6.00. The number of ether oxygens (including phenoxy) is 1. The molecule has 1 amide bonds. The van der Waals surface area contributed by atoms with E-state index in [2.05, 4.69) is 10.1 Å². The summed E-state index contributed by atoms with van der Waals surface area (Å²) >= 11 is 0. The summed E-state index contributed by atoms with van der Waals surface area (Å²) in [6, 6.07) is 13.4. The van der Waals surface area contributed by atoms with Crippen LogP contribution in [0, 0.1) is 0 Å². The SMILES string of the molecule is CCCS(=O)(=O)CC(=O)Nc1ccc(OC(F)F)c(Cc2ccccc2)c1. The molecule has 2 rings (SSSR count). The van der Waals surface area contributed by atoms with E-state index in [0.29, 0.717) is 24.1 Å². The molecule has 2 aromatic rings. The van der Waals surface area contributed by atoms with Crippen molar-refractivity contribution in [2.75, 3.05) is 16.8 Å². The van der Waals surface area contributed by atoms with Gasteiger partial charge in [0.2, 0.25) is 5.91 Å². The molecule has 0 atom stereocenters. The number of nitrogens with one attached hydrogen (secondary N) is 1. The van der Waals surface area contributed by atoms with Crippen LogP contribution in [-0.4, -0.2) is 32.4 Å². The summed E-state index contributed by atoms with van der Waals surface area (Å²) in [6.45, 7) is -1.26. The molecular weight excluding hydrogens is 376 g/mol.